The number of hydrogen-bond donors (Lipinski definition) is 6. The minimum Gasteiger partial charge on any atom is -0.481 e. The molecule has 0 aliphatic carbocycles. The van der Waals surface area contributed by atoms with E-state index in [1.54, 1.807) is 21.3 Å². The van der Waals surface area contributed by atoms with E-state index in [1.807, 2.05) is 0 Å². The van der Waals surface area contributed by atoms with E-state index < -0.39 is 14.8 Å². The number of carboxylic acid groups (broad SMARTS) is 1. The van der Waals surface area contributed by atoms with Gasteiger partial charge in [0, 0.05) is 73.1 Å². The summed E-state index contributed by atoms with van der Waals surface area (Å²) in [6.45, 7) is 10.3. The van der Waals surface area contributed by atoms with Gasteiger partial charge in [0.1, 0.15) is 0 Å². The molecule has 10 nitrogen and oxygen atoms in total. The molecule has 0 rings (SSSR count). The Balaban J connectivity index is 0. The van der Waals surface area contributed by atoms with Crippen molar-refractivity contribution >= 4 is 14.8 Å². The summed E-state index contributed by atoms with van der Waals surface area (Å²) in [6, 6.07) is 0.787. The summed E-state index contributed by atoms with van der Waals surface area (Å²) in [5.74, 6) is -0.744. The number of rotatable bonds is 21. The molecule has 0 heterocycles. The van der Waals surface area contributed by atoms with Gasteiger partial charge in [-0.25, -0.2) is 0 Å². The van der Waals surface area contributed by atoms with E-state index in [-0.39, 0.29) is 6.42 Å². The van der Waals surface area contributed by atoms with Gasteiger partial charge < -0.3 is 45.4 Å². The van der Waals surface area contributed by atoms with E-state index in [4.69, 9.17) is 24.1 Å². The molecule has 0 aromatic heterocycles. The third-order valence-electron chi connectivity index (χ3n) is 4.22. The molecule has 0 bridgehead atoms. The fourth-order valence-electron chi connectivity index (χ4n) is 2.48. The molecule has 11 heteroatoms. The summed E-state index contributed by atoms with van der Waals surface area (Å²) in [6.07, 6.45) is 3.02. The zero-order valence-corrected chi connectivity index (χ0v) is 20.6. The molecule has 0 aliphatic heterocycles. The van der Waals surface area contributed by atoms with Gasteiger partial charge in [0.2, 0.25) is 0 Å². The van der Waals surface area contributed by atoms with Crippen molar-refractivity contribution in [2.24, 2.45) is 5.73 Å². The van der Waals surface area contributed by atoms with E-state index in [0.717, 1.165) is 71.4 Å². The van der Waals surface area contributed by atoms with Gasteiger partial charge >= 0.3 is 14.8 Å². The Morgan fingerprint density at radius 3 is 1.70 bits per heavy atom. The second-order valence-corrected chi connectivity index (χ2v) is 9.78. The second kappa shape index (κ2) is 24.6. The van der Waals surface area contributed by atoms with Crippen LogP contribution in [0.3, 0.4) is 0 Å². The van der Waals surface area contributed by atoms with Crippen molar-refractivity contribution in [3.05, 3.63) is 0 Å². The zero-order valence-electron chi connectivity index (χ0n) is 19.6. The van der Waals surface area contributed by atoms with Crippen LogP contribution in [0.1, 0.15) is 32.6 Å². The first-order chi connectivity index (χ1) is 14.5. The largest absolute Gasteiger partial charge is 0.500 e. The van der Waals surface area contributed by atoms with Gasteiger partial charge in [0.05, 0.1) is 0 Å². The third-order valence-corrected chi connectivity index (χ3v) is 7.05. The molecule has 0 amide bonds. The summed E-state index contributed by atoms with van der Waals surface area (Å²) in [5.41, 5.74) is 5.29. The highest BCUT2D eigenvalue weighted by Crippen LogP contribution is 2.14. The van der Waals surface area contributed by atoms with Crippen molar-refractivity contribution in [3.63, 3.8) is 0 Å². The molecule has 30 heavy (non-hydrogen) atoms. The van der Waals surface area contributed by atoms with Crippen LogP contribution in [0.4, 0.5) is 0 Å². The van der Waals surface area contributed by atoms with Crippen molar-refractivity contribution in [1.29, 1.82) is 0 Å². The molecular weight excluding hydrogens is 406 g/mol. The summed E-state index contributed by atoms with van der Waals surface area (Å²) >= 11 is 0. The monoisotopic (exact) mass is 453 g/mol. The SMILES string of the molecule is CCCNCCNCCN.CO[Si](CCCNCCNCCCC(=O)O)(OC)OC. The maximum atomic E-state index is 10.3. The van der Waals surface area contributed by atoms with E-state index in [2.05, 4.69) is 28.2 Å². The minimum atomic E-state index is -2.43. The summed E-state index contributed by atoms with van der Waals surface area (Å²) in [7, 11) is 2.43. The Morgan fingerprint density at radius 2 is 1.27 bits per heavy atom. The molecule has 0 radical (unpaired) electrons. The van der Waals surface area contributed by atoms with E-state index in [0.29, 0.717) is 6.42 Å². The molecule has 0 saturated heterocycles. The van der Waals surface area contributed by atoms with E-state index >= 15 is 0 Å². The van der Waals surface area contributed by atoms with Crippen molar-refractivity contribution in [2.45, 2.75) is 38.7 Å². The van der Waals surface area contributed by atoms with Crippen LogP contribution < -0.4 is 27.0 Å². The van der Waals surface area contributed by atoms with Gasteiger partial charge in [0.15, 0.2) is 0 Å². The van der Waals surface area contributed by atoms with Crippen LogP contribution in [-0.2, 0) is 18.1 Å². The molecule has 7 N–H and O–H groups in total. The van der Waals surface area contributed by atoms with Crippen LogP contribution in [0.15, 0.2) is 0 Å². The Morgan fingerprint density at radius 1 is 0.800 bits per heavy atom. The lowest BCUT2D eigenvalue weighted by atomic mass is 10.3. The molecular formula is C19H47N5O5Si. The maximum absolute atomic E-state index is 10.3. The van der Waals surface area contributed by atoms with Crippen molar-refractivity contribution in [2.75, 3.05) is 80.2 Å². The number of nitrogens with one attached hydrogen (secondary N) is 4. The highest BCUT2D eigenvalue weighted by molar-refractivity contribution is 6.60. The second-order valence-electron chi connectivity index (χ2n) is 6.68. The zero-order chi connectivity index (χ0) is 22.9. The number of carbonyl (C=O) groups is 1. The number of hydrogen-bond acceptors (Lipinski definition) is 9. The Kier molecular flexibility index (Phi) is 25.9. The number of carboxylic acids is 1. The third kappa shape index (κ3) is 22.1. The molecule has 0 aliphatic rings. The Labute approximate surface area is 184 Å². The van der Waals surface area contributed by atoms with Gasteiger partial charge in [-0.05, 0) is 38.9 Å². The average Bonchev–Trinajstić information content (AvgIpc) is 2.75. The van der Waals surface area contributed by atoms with E-state index in [1.165, 1.54) is 6.42 Å². The smallest absolute Gasteiger partial charge is 0.481 e. The lowest BCUT2D eigenvalue weighted by Gasteiger charge is -2.24. The standard InChI is InChI=1S/C12H28N2O5Si.C7H19N3/c1-17-20(18-2,19-3)11-5-8-14-10-9-13-7-4-6-12(15)16;1-2-4-9-6-7-10-5-3-8/h13-14H,4-11H2,1-3H3,(H,15,16);9-10H,2-8H2,1H3. The van der Waals surface area contributed by atoms with Gasteiger partial charge in [0.25, 0.3) is 0 Å². The topological polar surface area (TPSA) is 139 Å². The first-order valence-corrected chi connectivity index (χ1v) is 12.8. The van der Waals surface area contributed by atoms with Crippen LogP contribution in [0.5, 0.6) is 0 Å². The molecule has 0 saturated carbocycles. The van der Waals surface area contributed by atoms with Crippen LogP contribution in [-0.4, -0.2) is 100 Å². The van der Waals surface area contributed by atoms with Crippen molar-refractivity contribution < 1.29 is 23.2 Å². The van der Waals surface area contributed by atoms with Gasteiger partial charge in [-0.3, -0.25) is 4.79 Å². The van der Waals surface area contributed by atoms with Crippen LogP contribution in [0.2, 0.25) is 6.04 Å². The summed E-state index contributed by atoms with van der Waals surface area (Å²) < 4.78 is 16.0. The first kappa shape index (κ1) is 31.6. The lowest BCUT2D eigenvalue weighted by Crippen LogP contribution is -2.43. The van der Waals surface area contributed by atoms with Gasteiger partial charge in [-0.1, -0.05) is 6.92 Å². The fraction of sp³-hybridized carbons (Fsp3) is 0.947. The molecule has 0 aromatic rings. The quantitative estimate of drug-likeness (QED) is 0.103. The molecule has 0 spiro atoms. The molecule has 0 unspecified atom stereocenters. The van der Waals surface area contributed by atoms with Crippen LogP contribution >= 0.6 is 0 Å². The predicted octanol–water partition coefficient (Wildman–Crippen LogP) is -0.167. The number of nitrogens with two attached hydrogens (primary N) is 1. The maximum Gasteiger partial charge on any atom is 0.500 e. The number of aliphatic carboxylic acids is 1. The molecule has 0 fully saturated rings. The van der Waals surface area contributed by atoms with Crippen LogP contribution in [0.25, 0.3) is 0 Å². The molecule has 182 valence electrons. The summed E-state index contributed by atoms with van der Waals surface area (Å²) in [4.78, 5) is 10.3. The van der Waals surface area contributed by atoms with E-state index in [9.17, 15) is 4.79 Å². The summed E-state index contributed by atoms with van der Waals surface area (Å²) in [5, 5.41) is 21.5. The minimum absolute atomic E-state index is 0.220. The fourth-order valence-corrected chi connectivity index (χ4v) is 4.21. The predicted molar refractivity (Wildman–Crippen MR) is 124 cm³/mol. The Hall–Kier alpha value is -0.633. The highest BCUT2D eigenvalue weighted by Gasteiger charge is 2.36. The van der Waals surface area contributed by atoms with Gasteiger partial charge in [-0.2, -0.15) is 0 Å². The average molecular weight is 454 g/mol. The van der Waals surface area contributed by atoms with Gasteiger partial charge in [-0.15, -0.1) is 0 Å². The van der Waals surface area contributed by atoms with Crippen molar-refractivity contribution in [1.82, 2.24) is 21.3 Å². The lowest BCUT2D eigenvalue weighted by molar-refractivity contribution is -0.137. The molecule has 0 aromatic carbocycles. The Bertz CT molecular complexity index is 350. The highest BCUT2D eigenvalue weighted by atomic mass is 28.4. The first-order valence-electron chi connectivity index (χ1n) is 10.9. The molecule has 0 atom stereocenters. The normalized spacial score (nSPS) is 11.2. The van der Waals surface area contributed by atoms with Crippen molar-refractivity contribution in [3.8, 4) is 0 Å². The van der Waals surface area contributed by atoms with Crippen LogP contribution in [0, 0.1) is 0 Å².